The minimum Gasteiger partial charge on any atom is -0.481 e. The summed E-state index contributed by atoms with van der Waals surface area (Å²) in [6.07, 6.45) is 1.54. The molecule has 0 fully saturated rings. The molecule has 1 heterocycles. The zero-order chi connectivity index (χ0) is 10.6. The van der Waals surface area contributed by atoms with Crippen LogP contribution >= 0.6 is 0 Å². The third-order valence-corrected chi connectivity index (χ3v) is 1.90. The molecule has 0 aliphatic carbocycles. The summed E-state index contributed by atoms with van der Waals surface area (Å²) in [4.78, 5) is 14.7. The Morgan fingerprint density at radius 3 is 3.00 bits per heavy atom. The van der Waals surface area contributed by atoms with E-state index in [9.17, 15) is 4.79 Å². The van der Waals surface area contributed by atoms with Crippen molar-refractivity contribution in [1.29, 1.82) is 0 Å². The Balaban J connectivity index is 3.08. The summed E-state index contributed by atoms with van der Waals surface area (Å²) >= 11 is 0. The summed E-state index contributed by atoms with van der Waals surface area (Å²) < 4.78 is 4.95. The van der Waals surface area contributed by atoms with Crippen LogP contribution in [0.15, 0.2) is 18.3 Å². The number of ether oxygens (including phenoxy) is 1. The van der Waals surface area contributed by atoms with E-state index in [-0.39, 0.29) is 6.54 Å². The molecule has 1 aromatic heterocycles. The van der Waals surface area contributed by atoms with Crippen molar-refractivity contribution < 1.29 is 14.6 Å². The minimum absolute atomic E-state index is 0.0252. The molecule has 1 aromatic rings. The monoisotopic (exact) mass is 196 g/mol. The third kappa shape index (κ3) is 2.00. The Morgan fingerprint density at radius 1 is 1.79 bits per heavy atom. The molecule has 0 bridgehead atoms. The highest BCUT2D eigenvalue weighted by Gasteiger charge is 2.21. The molecule has 3 N–H and O–H groups in total. The van der Waals surface area contributed by atoms with Crippen LogP contribution in [0, 0.1) is 0 Å². The smallest absolute Gasteiger partial charge is 0.312 e. The van der Waals surface area contributed by atoms with Crippen LogP contribution in [0.4, 0.5) is 0 Å². The number of carbonyl (C=O) groups is 1. The highest BCUT2D eigenvalue weighted by molar-refractivity contribution is 5.77. The Bertz CT molecular complexity index is 328. The van der Waals surface area contributed by atoms with Crippen molar-refractivity contribution >= 4 is 5.97 Å². The molecule has 0 aliphatic heterocycles. The van der Waals surface area contributed by atoms with E-state index < -0.39 is 11.9 Å². The Labute approximate surface area is 81.5 Å². The van der Waals surface area contributed by atoms with Crippen molar-refractivity contribution in [3.05, 3.63) is 23.9 Å². The quantitative estimate of drug-likeness (QED) is 0.719. The number of nitrogens with zero attached hydrogens (tertiary/aromatic N) is 1. The van der Waals surface area contributed by atoms with Gasteiger partial charge in [0.15, 0.2) is 0 Å². The molecule has 0 aromatic carbocycles. The maximum atomic E-state index is 10.8. The first-order valence-corrected chi connectivity index (χ1v) is 4.12. The van der Waals surface area contributed by atoms with Crippen LogP contribution in [-0.2, 0) is 4.79 Å². The van der Waals surface area contributed by atoms with Gasteiger partial charge in [-0.15, -0.1) is 0 Å². The minimum atomic E-state index is -0.973. The first-order chi connectivity index (χ1) is 6.70. The lowest BCUT2D eigenvalue weighted by Gasteiger charge is -2.12. The van der Waals surface area contributed by atoms with Gasteiger partial charge < -0.3 is 15.6 Å². The Kier molecular flexibility index (Phi) is 3.41. The first-order valence-electron chi connectivity index (χ1n) is 4.12. The number of hydrogen-bond acceptors (Lipinski definition) is 4. The number of pyridine rings is 1. The lowest BCUT2D eigenvalue weighted by atomic mass is 10.0. The summed E-state index contributed by atoms with van der Waals surface area (Å²) in [6, 6.07) is 3.31. The fourth-order valence-electron chi connectivity index (χ4n) is 1.20. The maximum Gasteiger partial charge on any atom is 0.312 e. The average molecular weight is 196 g/mol. The van der Waals surface area contributed by atoms with Gasteiger partial charge in [-0.1, -0.05) is 6.07 Å². The molecule has 0 aliphatic rings. The highest BCUT2D eigenvalue weighted by atomic mass is 16.5. The molecular weight excluding hydrogens is 184 g/mol. The van der Waals surface area contributed by atoms with Gasteiger partial charge in [-0.05, 0) is 6.07 Å². The van der Waals surface area contributed by atoms with E-state index >= 15 is 0 Å². The van der Waals surface area contributed by atoms with Crippen molar-refractivity contribution in [3.8, 4) is 5.88 Å². The molecule has 0 saturated carbocycles. The average Bonchev–Trinajstić information content (AvgIpc) is 2.19. The number of hydrogen-bond donors (Lipinski definition) is 2. The molecule has 0 spiro atoms. The van der Waals surface area contributed by atoms with Crippen LogP contribution < -0.4 is 10.5 Å². The van der Waals surface area contributed by atoms with Gasteiger partial charge in [0.1, 0.15) is 0 Å². The van der Waals surface area contributed by atoms with Gasteiger partial charge in [0.2, 0.25) is 5.88 Å². The second-order valence-corrected chi connectivity index (χ2v) is 2.73. The summed E-state index contributed by atoms with van der Waals surface area (Å²) in [6.45, 7) is 0.0252. The summed E-state index contributed by atoms with van der Waals surface area (Å²) in [5.74, 6) is -1.43. The van der Waals surface area contributed by atoms with Crippen molar-refractivity contribution in [1.82, 2.24) is 4.98 Å². The zero-order valence-electron chi connectivity index (χ0n) is 7.80. The maximum absolute atomic E-state index is 10.8. The van der Waals surface area contributed by atoms with E-state index in [1.165, 1.54) is 13.3 Å². The second kappa shape index (κ2) is 4.57. The van der Waals surface area contributed by atoms with Gasteiger partial charge in [-0.3, -0.25) is 4.79 Å². The van der Waals surface area contributed by atoms with Gasteiger partial charge in [-0.2, -0.15) is 0 Å². The van der Waals surface area contributed by atoms with Gasteiger partial charge in [-0.25, -0.2) is 4.98 Å². The first kappa shape index (κ1) is 10.5. The molecule has 1 unspecified atom stereocenters. The van der Waals surface area contributed by atoms with E-state index in [1.807, 2.05) is 0 Å². The molecule has 5 nitrogen and oxygen atoms in total. The fraction of sp³-hybridized carbons (Fsp3) is 0.333. The van der Waals surface area contributed by atoms with Crippen LogP contribution in [0.25, 0.3) is 0 Å². The van der Waals surface area contributed by atoms with Crippen LogP contribution in [0.3, 0.4) is 0 Å². The van der Waals surface area contributed by atoms with Crippen molar-refractivity contribution in [2.45, 2.75) is 5.92 Å². The lowest BCUT2D eigenvalue weighted by molar-refractivity contribution is -0.138. The van der Waals surface area contributed by atoms with Crippen LogP contribution in [0.5, 0.6) is 5.88 Å². The predicted octanol–water partition coefficient (Wildman–Crippen LogP) is 0.217. The number of carboxylic acid groups (broad SMARTS) is 1. The normalized spacial score (nSPS) is 12.1. The molecule has 0 amide bonds. The third-order valence-electron chi connectivity index (χ3n) is 1.90. The highest BCUT2D eigenvalue weighted by Crippen LogP contribution is 2.23. The molecule has 76 valence electrons. The van der Waals surface area contributed by atoms with Crippen molar-refractivity contribution in [2.75, 3.05) is 13.7 Å². The topological polar surface area (TPSA) is 85.4 Å². The van der Waals surface area contributed by atoms with Crippen LogP contribution in [0.1, 0.15) is 11.5 Å². The predicted molar refractivity (Wildman–Crippen MR) is 50.2 cm³/mol. The van der Waals surface area contributed by atoms with E-state index in [2.05, 4.69) is 4.98 Å². The second-order valence-electron chi connectivity index (χ2n) is 2.73. The van der Waals surface area contributed by atoms with Gasteiger partial charge in [0, 0.05) is 18.3 Å². The number of nitrogens with two attached hydrogens (primary N) is 1. The van der Waals surface area contributed by atoms with Crippen molar-refractivity contribution in [3.63, 3.8) is 0 Å². The fourth-order valence-corrected chi connectivity index (χ4v) is 1.20. The van der Waals surface area contributed by atoms with Crippen LogP contribution in [0.2, 0.25) is 0 Å². The van der Waals surface area contributed by atoms with Gasteiger partial charge in [0.05, 0.1) is 13.0 Å². The number of rotatable bonds is 4. The standard InChI is InChI=1S/C9H12N2O3/c1-14-8-6(3-2-4-11-8)7(5-10)9(12)13/h2-4,7H,5,10H2,1H3,(H,12,13). The van der Waals surface area contributed by atoms with E-state index in [0.717, 1.165) is 0 Å². The van der Waals surface area contributed by atoms with Gasteiger partial charge >= 0.3 is 5.97 Å². The van der Waals surface area contributed by atoms with E-state index in [1.54, 1.807) is 12.1 Å². The Hall–Kier alpha value is -1.62. The molecule has 5 heteroatoms. The summed E-state index contributed by atoms with van der Waals surface area (Å²) in [7, 11) is 1.45. The summed E-state index contributed by atoms with van der Waals surface area (Å²) in [5, 5.41) is 8.88. The van der Waals surface area contributed by atoms with Crippen LogP contribution in [-0.4, -0.2) is 29.7 Å². The largest absolute Gasteiger partial charge is 0.481 e. The number of aromatic nitrogens is 1. The molecule has 0 radical (unpaired) electrons. The molecule has 1 rings (SSSR count). The zero-order valence-corrected chi connectivity index (χ0v) is 7.80. The number of carboxylic acids is 1. The van der Waals surface area contributed by atoms with E-state index in [0.29, 0.717) is 11.4 Å². The molecular formula is C9H12N2O3. The SMILES string of the molecule is COc1ncccc1C(CN)C(=O)O. The molecule has 0 saturated heterocycles. The summed E-state index contributed by atoms with van der Waals surface area (Å²) in [5.41, 5.74) is 5.87. The number of methoxy groups -OCH3 is 1. The Morgan fingerprint density at radius 2 is 2.50 bits per heavy atom. The van der Waals surface area contributed by atoms with Gasteiger partial charge in [0.25, 0.3) is 0 Å². The number of aliphatic carboxylic acids is 1. The lowest BCUT2D eigenvalue weighted by Crippen LogP contribution is -2.21. The molecule has 1 atom stereocenters. The molecule has 14 heavy (non-hydrogen) atoms. The van der Waals surface area contributed by atoms with Crippen molar-refractivity contribution in [2.24, 2.45) is 5.73 Å². The van der Waals surface area contributed by atoms with E-state index in [4.69, 9.17) is 15.6 Å².